The molecule has 0 saturated heterocycles. The zero-order chi connectivity index (χ0) is 16.2. The molecule has 3 N–H and O–H groups in total. The highest BCUT2D eigenvalue weighted by Crippen LogP contribution is 2.21. The van der Waals surface area contributed by atoms with Gasteiger partial charge in [-0.25, -0.2) is 0 Å². The molecule has 0 bridgehead atoms. The summed E-state index contributed by atoms with van der Waals surface area (Å²) < 4.78 is 0. The van der Waals surface area contributed by atoms with Crippen molar-refractivity contribution >= 4 is 11.8 Å². The Morgan fingerprint density at radius 3 is 2.43 bits per heavy atom. The molecule has 0 saturated carbocycles. The molecule has 1 rings (SSSR count). The lowest BCUT2D eigenvalue weighted by Gasteiger charge is -2.30. The van der Waals surface area contributed by atoms with E-state index in [0.29, 0.717) is 11.6 Å². The first-order valence-corrected chi connectivity index (χ1v) is 7.66. The largest absolute Gasteiger partial charge is 0.369 e. The number of hydrogen-bond acceptors (Lipinski definition) is 3. The number of rotatable bonds is 5. The lowest BCUT2D eigenvalue weighted by Crippen LogP contribution is -2.52. The van der Waals surface area contributed by atoms with Crippen LogP contribution in [0.2, 0.25) is 0 Å². The molecule has 1 unspecified atom stereocenters. The van der Waals surface area contributed by atoms with Gasteiger partial charge >= 0.3 is 0 Å². The van der Waals surface area contributed by atoms with Gasteiger partial charge in [0.15, 0.2) is 0 Å². The van der Waals surface area contributed by atoms with Gasteiger partial charge in [-0.2, -0.15) is 0 Å². The molecule has 1 aliphatic rings. The summed E-state index contributed by atoms with van der Waals surface area (Å²) >= 11 is 0. The Labute approximate surface area is 127 Å². The zero-order valence-electron chi connectivity index (χ0n) is 14.0. The molecule has 0 radical (unpaired) electrons. The summed E-state index contributed by atoms with van der Waals surface area (Å²) in [6.45, 7) is 12.4. The van der Waals surface area contributed by atoms with E-state index >= 15 is 0 Å². The lowest BCUT2D eigenvalue weighted by atomic mass is 9.90. The molecular weight excluding hydrogens is 266 g/mol. The number of carbonyl (C=O) groups is 2. The van der Waals surface area contributed by atoms with Crippen LogP contribution in [0.5, 0.6) is 0 Å². The first-order chi connectivity index (χ1) is 9.58. The number of amides is 2. The van der Waals surface area contributed by atoms with Crippen molar-refractivity contribution in [2.45, 2.75) is 60.5 Å². The molecular formula is C16H29N3O2. The Hall–Kier alpha value is -1.52. The first kappa shape index (κ1) is 17.5. The van der Waals surface area contributed by atoms with E-state index in [4.69, 9.17) is 0 Å². The van der Waals surface area contributed by atoms with Gasteiger partial charge in [0.2, 0.25) is 5.91 Å². The molecule has 0 spiro atoms. The van der Waals surface area contributed by atoms with Crippen molar-refractivity contribution in [1.29, 1.82) is 0 Å². The predicted molar refractivity (Wildman–Crippen MR) is 84.0 cm³/mol. The van der Waals surface area contributed by atoms with Crippen molar-refractivity contribution in [3.8, 4) is 0 Å². The molecule has 120 valence electrons. The fourth-order valence-corrected chi connectivity index (χ4v) is 2.41. The minimum Gasteiger partial charge on any atom is -0.369 e. The van der Waals surface area contributed by atoms with Gasteiger partial charge in [0.25, 0.3) is 5.91 Å². The Morgan fingerprint density at radius 2 is 1.95 bits per heavy atom. The maximum atomic E-state index is 12.0. The highest BCUT2D eigenvalue weighted by atomic mass is 16.2. The summed E-state index contributed by atoms with van der Waals surface area (Å²) in [6.07, 6.45) is 3.14. The zero-order valence-corrected chi connectivity index (χ0v) is 14.0. The van der Waals surface area contributed by atoms with E-state index < -0.39 is 0 Å². The van der Waals surface area contributed by atoms with Crippen molar-refractivity contribution in [3.63, 3.8) is 0 Å². The van der Waals surface area contributed by atoms with Gasteiger partial charge in [-0.15, -0.1) is 0 Å². The molecule has 2 atom stereocenters. The van der Waals surface area contributed by atoms with E-state index in [1.807, 2.05) is 6.92 Å². The Balaban J connectivity index is 2.57. The van der Waals surface area contributed by atoms with E-state index in [-0.39, 0.29) is 29.3 Å². The molecule has 1 heterocycles. The van der Waals surface area contributed by atoms with E-state index in [1.165, 1.54) is 0 Å². The maximum absolute atomic E-state index is 12.0. The normalized spacial score (nSPS) is 20.4. The minimum absolute atomic E-state index is 0.0914. The third-order valence-electron chi connectivity index (χ3n) is 3.33. The summed E-state index contributed by atoms with van der Waals surface area (Å²) in [6, 6.07) is 0. The molecule has 0 fully saturated rings. The molecule has 2 amide bonds. The van der Waals surface area contributed by atoms with Gasteiger partial charge in [-0.05, 0) is 24.2 Å². The smallest absolute Gasteiger partial charge is 0.270 e. The monoisotopic (exact) mass is 295 g/mol. The highest BCUT2D eigenvalue weighted by molar-refractivity contribution is 5.98. The van der Waals surface area contributed by atoms with Gasteiger partial charge in [-0.1, -0.05) is 41.5 Å². The maximum Gasteiger partial charge on any atom is 0.270 e. The van der Waals surface area contributed by atoms with Gasteiger partial charge in [-0.3, -0.25) is 9.59 Å². The van der Waals surface area contributed by atoms with Crippen LogP contribution in [0.4, 0.5) is 0 Å². The fourth-order valence-electron chi connectivity index (χ4n) is 2.41. The molecule has 1 aliphatic heterocycles. The minimum atomic E-state index is -0.229. The molecule has 21 heavy (non-hydrogen) atoms. The molecule has 5 nitrogen and oxygen atoms in total. The van der Waals surface area contributed by atoms with Crippen LogP contribution in [0.1, 0.15) is 54.4 Å². The van der Waals surface area contributed by atoms with Gasteiger partial charge in [0.1, 0.15) is 5.70 Å². The molecule has 5 heteroatoms. The second kappa shape index (κ2) is 6.96. The summed E-state index contributed by atoms with van der Waals surface area (Å²) in [5, 5.41) is 8.71. The SMILES string of the molecule is CC(C)C[C@H](C)C(=O)NC1=CNC(CC(C)(C)C)NC1=O. The molecule has 0 aromatic carbocycles. The van der Waals surface area contributed by atoms with Crippen molar-refractivity contribution in [2.24, 2.45) is 17.3 Å². The van der Waals surface area contributed by atoms with Crippen LogP contribution < -0.4 is 16.0 Å². The number of nitrogens with one attached hydrogen (secondary N) is 3. The number of hydrogen-bond donors (Lipinski definition) is 3. The highest BCUT2D eigenvalue weighted by Gasteiger charge is 2.26. The van der Waals surface area contributed by atoms with Crippen LogP contribution in [0.15, 0.2) is 11.9 Å². The average molecular weight is 295 g/mol. The second-order valence-corrected chi connectivity index (χ2v) is 7.54. The summed E-state index contributed by atoms with van der Waals surface area (Å²) in [7, 11) is 0. The third-order valence-corrected chi connectivity index (χ3v) is 3.33. The lowest BCUT2D eigenvalue weighted by molar-refractivity contribution is -0.127. The van der Waals surface area contributed by atoms with Gasteiger partial charge < -0.3 is 16.0 Å². The van der Waals surface area contributed by atoms with Crippen LogP contribution in [0, 0.1) is 17.3 Å². The van der Waals surface area contributed by atoms with E-state index in [0.717, 1.165) is 12.8 Å². The molecule has 0 aromatic rings. The topological polar surface area (TPSA) is 70.2 Å². The van der Waals surface area contributed by atoms with Crippen LogP contribution in [0.25, 0.3) is 0 Å². The van der Waals surface area contributed by atoms with E-state index in [9.17, 15) is 9.59 Å². The average Bonchev–Trinajstić information content (AvgIpc) is 2.29. The molecule has 0 aliphatic carbocycles. The van der Waals surface area contributed by atoms with Crippen molar-refractivity contribution in [3.05, 3.63) is 11.9 Å². The third kappa shape index (κ3) is 6.19. The van der Waals surface area contributed by atoms with Crippen molar-refractivity contribution < 1.29 is 9.59 Å². The van der Waals surface area contributed by atoms with Gasteiger partial charge in [0, 0.05) is 12.1 Å². The number of carbonyl (C=O) groups excluding carboxylic acids is 2. The second-order valence-electron chi connectivity index (χ2n) is 7.54. The Morgan fingerprint density at radius 1 is 1.33 bits per heavy atom. The summed E-state index contributed by atoms with van der Waals surface area (Å²) in [4.78, 5) is 24.1. The summed E-state index contributed by atoms with van der Waals surface area (Å²) in [5.74, 6) is 0.00877. The van der Waals surface area contributed by atoms with Crippen LogP contribution in [-0.2, 0) is 9.59 Å². The van der Waals surface area contributed by atoms with Crippen molar-refractivity contribution in [1.82, 2.24) is 16.0 Å². The van der Waals surface area contributed by atoms with Crippen LogP contribution in [-0.4, -0.2) is 18.0 Å². The fraction of sp³-hybridized carbons (Fsp3) is 0.750. The van der Waals surface area contributed by atoms with Crippen LogP contribution in [0.3, 0.4) is 0 Å². The quantitative estimate of drug-likeness (QED) is 0.727. The Kier molecular flexibility index (Phi) is 5.81. The summed E-state index contributed by atoms with van der Waals surface area (Å²) in [5.41, 5.74) is 0.409. The van der Waals surface area contributed by atoms with Crippen molar-refractivity contribution in [2.75, 3.05) is 0 Å². The van der Waals surface area contributed by atoms with Crippen LogP contribution >= 0.6 is 0 Å². The first-order valence-electron chi connectivity index (χ1n) is 7.66. The van der Waals surface area contributed by atoms with E-state index in [1.54, 1.807) is 6.20 Å². The Bertz CT molecular complexity index is 422. The molecule has 0 aromatic heterocycles. The predicted octanol–water partition coefficient (Wildman–Crippen LogP) is 2.11. The van der Waals surface area contributed by atoms with E-state index in [2.05, 4.69) is 50.6 Å². The van der Waals surface area contributed by atoms with Gasteiger partial charge in [0.05, 0.1) is 6.17 Å². The standard InChI is InChI=1S/C16H29N3O2/c1-10(2)7-11(3)14(20)18-12-9-17-13(19-15(12)21)8-16(4,5)6/h9-11,13,17H,7-8H2,1-6H3,(H,18,20)(H,19,21)/t11-,13?/m0/s1.